The van der Waals surface area contributed by atoms with Crippen LogP contribution in [0.15, 0.2) is 35.3 Å². The zero-order chi connectivity index (χ0) is 16.5. The molecule has 0 amide bonds. The summed E-state index contributed by atoms with van der Waals surface area (Å²) in [5, 5.41) is 8.82. The second-order valence-corrected chi connectivity index (χ2v) is 5.84. The monoisotopic (exact) mass is 322 g/mol. The largest absolute Gasteiger partial charge is 0.492 e. The summed E-state index contributed by atoms with van der Waals surface area (Å²) in [7, 11) is 0. The van der Waals surface area contributed by atoms with Crippen molar-refractivity contribution in [3.63, 3.8) is 0 Å². The molecule has 0 saturated heterocycles. The first-order chi connectivity index (χ1) is 11.1. The molecule has 2 aliphatic carbocycles. The van der Waals surface area contributed by atoms with E-state index in [1.807, 2.05) is 0 Å². The van der Waals surface area contributed by atoms with Gasteiger partial charge in [0.1, 0.15) is 6.61 Å². The van der Waals surface area contributed by atoms with Crippen LogP contribution in [-0.4, -0.2) is 30.6 Å². The van der Waals surface area contributed by atoms with E-state index in [1.165, 1.54) is 0 Å². The molecule has 5 nitrogen and oxygen atoms in total. The Balaban J connectivity index is 1.77. The van der Waals surface area contributed by atoms with E-state index in [0.717, 1.165) is 50.0 Å². The van der Waals surface area contributed by atoms with E-state index < -0.39 is 12.3 Å². The van der Waals surface area contributed by atoms with Crippen LogP contribution < -0.4 is 0 Å². The molecule has 0 spiro atoms. The first kappa shape index (κ1) is 17.6. The van der Waals surface area contributed by atoms with Crippen molar-refractivity contribution >= 4 is 5.97 Å². The van der Waals surface area contributed by atoms with Crippen molar-refractivity contribution < 1.29 is 24.1 Å². The lowest BCUT2D eigenvalue weighted by Crippen LogP contribution is -2.23. The fourth-order valence-electron chi connectivity index (χ4n) is 2.54. The number of allylic oxidation sites excluding steroid dienone is 4. The van der Waals surface area contributed by atoms with Crippen LogP contribution in [0.1, 0.15) is 51.9 Å². The Bertz CT molecular complexity index is 490. The van der Waals surface area contributed by atoms with Crippen molar-refractivity contribution in [2.24, 2.45) is 0 Å². The summed E-state index contributed by atoms with van der Waals surface area (Å²) >= 11 is 0. The molecule has 1 N–H and O–H groups in total. The third-order valence-electron chi connectivity index (χ3n) is 3.90. The molecule has 2 rings (SSSR count). The number of carbonyl (C=O) groups is 1. The number of rotatable bonds is 10. The van der Waals surface area contributed by atoms with E-state index in [1.54, 1.807) is 13.0 Å². The molecule has 0 fully saturated rings. The van der Waals surface area contributed by atoms with Gasteiger partial charge in [-0.2, -0.15) is 0 Å². The van der Waals surface area contributed by atoms with E-state index >= 15 is 0 Å². The highest BCUT2D eigenvalue weighted by Crippen LogP contribution is 2.22. The lowest BCUT2D eigenvalue weighted by Gasteiger charge is -2.21. The molecule has 0 heterocycles. The summed E-state index contributed by atoms with van der Waals surface area (Å²) in [5.74, 6) is 1.09. The Labute approximate surface area is 137 Å². The van der Waals surface area contributed by atoms with E-state index in [4.69, 9.17) is 19.3 Å². The first-order valence-corrected chi connectivity index (χ1v) is 8.34. The third kappa shape index (κ3) is 6.48. The second kappa shape index (κ2) is 9.40. The zero-order valence-corrected chi connectivity index (χ0v) is 13.8. The summed E-state index contributed by atoms with van der Waals surface area (Å²) in [6.45, 7) is 2.35. The summed E-state index contributed by atoms with van der Waals surface area (Å²) in [6.07, 6.45) is 12.3. The Hall–Kier alpha value is -1.75. The van der Waals surface area contributed by atoms with Gasteiger partial charge in [0.2, 0.25) is 6.29 Å². The average Bonchev–Trinajstić information content (AvgIpc) is 3.21. The van der Waals surface area contributed by atoms with Gasteiger partial charge in [-0.3, -0.25) is 0 Å². The summed E-state index contributed by atoms with van der Waals surface area (Å²) in [4.78, 5) is 10.7. The molecule has 2 aliphatic rings. The van der Waals surface area contributed by atoms with Crippen molar-refractivity contribution in [1.82, 2.24) is 0 Å². The SMILES string of the molecule is CC(=CCCOC(COC1=CCCC1)OC1=CCCC1)C(=O)O. The molecule has 0 radical (unpaired) electrons. The maximum absolute atomic E-state index is 10.7. The number of ether oxygens (including phenoxy) is 3. The van der Waals surface area contributed by atoms with Gasteiger partial charge in [-0.25, -0.2) is 4.79 Å². The van der Waals surface area contributed by atoms with Gasteiger partial charge in [0, 0.05) is 18.4 Å². The second-order valence-electron chi connectivity index (χ2n) is 5.84. The van der Waals surface area contributed by atoms with E-state index in [2.05, 4.69) is 12.2 Å². The van der Waals surface area contributed by atoms with E-state index in [0.29, 0.717) is 25.2 Å². The molecule has 0 bridgehead atoms. The third-order valence-corrected chi connectivity index (χ3v) is 3.90. The number of hydrogen-bond donors (Lipinski definition) is 1. The summed E-state index contributed by atoms with van der Waals surface area (Å²) < 4.78 is 17.4. The van der Waals surface area contributed by atoms with E-state index in [9.17, 15) is 4.79 Å². The Kier molecular flexibility index (Phi) is 7.20. The molecule has 0 aliphatic heterocycles. The smallest absolute Gasteiger partial charge is 0.330 e. The fourth-order valence-corrected chi connectivity index (χ4v) is 2.54. The van der Waals surface area contributed by atoms with Gasteiger partial charge in [-0.1, -0.05) is 6.08 Å². The maximum Gasteiger partial charge on any atom is 0.330 e. The zero-order valence-electron chi connectivity index (χ0n) is 13.8. The molecule has 0 saturated carbocycles. The Morgan fingerprint density at radius 3 is 2.57 bits per heavy atom. The van der Waals surface area contributed by atoms with Gasteiger partial charge in [-0.15, -0.1) is 0 Å². The molecule has 0 aromatic carbocycles. The standard InChI is InChI=1S/C18H26O5/c1-14(18(19)20)7-6-12-21-17(23-16-10-4-5-11-16)13-22-15-8-2-3-9-15/h7-8,10,17H,2-6,9,11-13H2,1H3,(H,19,20). The van der Waals surface area contributed by atoms with Gasteiger partial charge < -0.3 is 19.3 Å². The molecule has 128 valence electrons. The van der Waals surface area contributed by atoms with Crippen LogP contribution in [-0.2, 0) is 19.0 Å². The highest BCUT2D eigenvalue weighted by atomic mass is 16.7. The minimum absolute atomic E-state index is 0.330. The highest BCUT2D eigenvalue weighted by molar-refractivity contribution is 5.85. The van der Waals surface area contributed by atoms with Crippen molar-refractivity contribution in [3.05, 3.63) is 35.3 Å². The van der Waals surface area contributed by atoms with Crippen LogP contribution in [0.5, 0.6) is 0 Å². The van der Waals surface area contributed by atoms with E-state index in [-0.39, 0.29) is 0 Å². The maximum atomic E-state index is 10.7. The van der Waals surface area contributed by atoms with Crippen LogP contribution in [0.4, 0.5) is 0 Å². The molecular weight excluding hydrogens is 296 g/mol. The van der Waals surface area contributed by atoms with Gasteiger partial charge in [0.25, 0.3) is 0 Å². The highest BCUT2D eigenvalue weighted by Gasteiger charge is 2.17. The Morgan fingerprint density at radius 1 is 1.26 bits per heavy atom. The van der Waals surface area contributed by atoms with Crippen molar-refractivity contribution in [1.29, 1.82) is 0 Å². The van der Waals surface area contributed by atoms with Crippen LogP contribution in [0.25, 0.3) is 0 Å². The number of carboxylic acid groups (broad SMARTS) is 1. The van der Waals surface area contributed by atoms with Gasteiger partial charge >= 0.3 is 5.97 Å². The predicted octanol–water partition coefficient (Wildman–Crippen LogP) is 3.92. The molecule has 1 atom stereocenters. The van der Waals surface area contributed by atoms with Crippen LogP contribution in [0, 0.1) is 0 Å². The fraction of sp³-hybridized carbons (Fsp3) is 0.611. The van der Waals surface area contributed by atoms with Gasteiger partial charge in [0.15, 0.2) is 0 Å². The topological polar surface area (TPSA) is 65.0 Å². The van der Waals surface area contributed by atoms with Crippen molar-refractivity contribution in [2.75, 3.05) is 13.2 Å². The number of hydrogen-bond acceptors (Lipinski definition) is 4. The number of carboxylic acids is 1. The molecular formula is C18H26O5. The molecule has 23 heavy (non-hydrogen) atoms. The minimum Gasteiger partial charge on any atom is -0.492 e. The quantitative estimate of drug-likeness (QED) is 0.375. The lowest BCUT2D eigenvalue weighted by atomic mass is 10.2. The average molecular weight is 322 g/mol. The summed E-state index contributed by atoms with van der Waals surface area (Å²) in [5.41, 5.74) is 0.330. The lowest BCUT2D eigenvalue weighted by molar-refractivity contribution is -0.143. The van der Waals surface area contributed by atoms with Gasteiger partial charge in [0.05, 0.1) is 18.1 Å². The first-order valence-electron chi connectivity index (χ1n) is 8.34. The van der Waals surface area contributed by atoms with Gasteiger partial charge in [-0.05, 0) is 51.2 Å². The molecule has 0 aromatic rings. The van der Waals surface area contributed by atoms with Crippen LogP contribution in [0.2, 0.25) is 0 Å². The Morgan fingerprint density at radius 2 is 1.96 bits per heavy atom. The summed E-state index contributed by atoms with van der Waals surface area (Å²) in [6, 6.07) is 0. The predicted molar refractivity (Wildman–Crippen MR) is 86.7 cm³/mol. The van der Waals surface area contributed by atoms with Crippen molar-refractivity contribution in [3.8, 4) is 0 Å². The normalized spacial score (nSPS) is 19.3. The van der Waals surface area contributed by atoms with Crippen molar-refractivity contribution in [2.45, 2.75) is 58.2 Å². The van der Waals surface area contributed by atoms with Crippen LogP contribution >= 0.6 is 0 Å². The molecule has 5 heteroatoms. The molecule has 0 aromatic heterocycles. The molecule has 1 unspecified atom stereocenters. The minimum atomic E-state index is -0.898. The number of aliphatic carboxylic acids is 1. The van der Waals surface area contributed by atoms with Crippen LogP contribution in [0.3, 0.4) is 0 Å².